The van der Waals surface area contributed by atoms with Gasteiger partial charge in [-0.2, -0.15) is 0 Å². The molecule has 0 spiro atoms. The minimum Gasteiger partial charge on any atom is -0.319 e. The molecule has 0 fully saturated rings. The summed E-state index contributed by atoms with van der Waals surface area (Å²) in [6.07, 6.45) is 0. The number of rotatable bonds is 3. The Kier molecular flexibility index (Phi) is 4.51. The molecular formula is C13H8Cl2FNO3S. The highest BCUT2D eigenvalue weighted by molar-refractivity contribution is 8.13. The van der Waals surface area contributed by atoms with Gasteiger partial charge in [-0.05, 0) is 36.4 Å². The van der Waals surface area contributed by atoms with Gasteiger partial charge in [0.05, 0.1) is 10.6 Å². The van der Waals surface area contributed by atoms with Crippen molar-refractivity contribution in [2.24, 2.45) is 0 Å². The van der Waals surface area contributed by atoms with Gasteiger partial charge in [0.15, 0.2) is 0 Å². The molecule has 0 aliphatic carbocycles. The highest BCUT2D eigenvalue weighted by Crippen LogP contribution is 2.22. The lowest BCUT2D eigenvalue weighted by atomic mass is 10.2. The van der Waals surface area contributed by atoms with E-state index in [-0.39, 0.29) is 16.1 Å². The highest BCUT2D eigenvalue weighted by atomic mass is 35.7. The van der Waals surface area contributed by atoms with Gasteiger partial charge in [-0.25, -0.2) is 12.8 Å². The van der Waals surface area contributed by atoms with Gasteiger partial charge in [0, 0.05) is 21.3 Å². The average Bonchev–Trinajstić information content (AvgIpc) is 2.39. The van der Waals surface area contributed by atoms with Crippen LogP contribution in [0.15, 0.2) is 47.4 Å². The normalized spacial score (nSPS) is 11.2. The number of amides is 1. The SMILES string of the molecule is O=C(Nc1ccc(S(=O)(=O)Cl)cc1F)c1cccc(Cl)c1. The molecule has 0 saturated heterocycles. The minimum absolute atomic E-state index is 0.163. The second kappa shape index (κ2) is 6.01. The number of hydrogen-bond donors (Lipinski definition) is 1. The second-order valence-corrected chi connectivity index (χ2v) is 7.05. The summed E-state index contributed by atoms with van der Waals surface area (Å²) in [5, 5.41) is 2.69. The van der Waals surface area contributed by atoms with Crippen LogP contribution in [-0.4, -0.2) is 14.3 Å². The van der Waals surface area contributed by atoms with Gasteiger partial charge in [0.2, 0.25) is 0 Å². The van der Waals surface area contributed by atoms with Gasteiger partial charge >= 0.3 is 0 Å². The molecule has 8 heteroatoms. The van der Waals surface area contributed by atoms with Gasteiger partial charge in [-0.1, -0.05) is 17.7 Å². The Labute approximate surface area is 129 Å². The summed E-state index contributed by atoms with van der Waals surface area (Å²) in [5.74, 6) is -1.48. The van der Waals surface area contributed by atoms with Gasteiger partial charge < -0.3 is 5.32 Å². The summed E-state index contributed by atoms with van der Waals surface area (Å²) in [6.45, 7) is 0. The molecule has 2 aromatic carbocycles. The van der Waals surface area contributed by atoms with E-state index in [0.717, 1.165) is 18.2 Å². The lowest BCUT2D eigenvalue weighted by molar-refractivity contribution is 0.102. The van der Waals surface area contributed by atoms with Crippen molar-refractivity contribution < 1.29 is 17.6 Å². The quantitative estimate of drug-likeness (QED) is 0.861. The summed E-state index contributed by atoms with van der Waals surface area (Å²) in [5.41, 5.74) is 0.0833. The van der Waals surface area contributed by atoms with Crippen LogP contribution in [0.2, 0.25) is 5.02 Å². The van der Waals surface area contributed by atoms with Crippen LogP contribution in [-0.2, 0) is 9.05 Å². The van der Waals surface area contributed by atoms with E-state index in [1.165, 1.54) is 12.1 Å². The summed E-state index contributed by atoms with van der Waals surface area (Å²) < 4.78 is 35.9. The summed E-state index contributed by atoms with van der Waals surface area (Å²) in [7, 11) is 1.08. The molecule has 2 rings (SSSR count). The Morgan fingerprint density at radius 3 is 2.43 bits per heavy atom. The molecule has 0 radical (unpaired) electrons. The zero-order chi connectivity index (χ0) is 15.6. The number of hydrogen-bond acceptors (Lipinski definition) is 3. The molecule has 0 heterocycles. The first-order valence-corrected chi connectivity index (χ1v) is 8.27. The van der Waals surface area contributed by atoms with Gasteiger partial charge in [0.25, 0.3) is 15.0 Å². The summed E-state index contributed by atoms with van der Waals surface area (Å²) in [4.78, 5) is 11.5. The molecule has 1 amide bonds. The van der Waals surface area contributed by atoms with E-state index in [1.807, 2.05) is 0 Å². The van der Waals surface area contributed by atoms with E-state index < -0.39 is 20.8 Å². The number of carbonyl (C=O) groups excluding carboxylic acids is 1. The fourth-order valence-electron chi connectivity index (χ4n) is 1.57. The minimum atomic E-state index is -4.03. The van der Waals surface area contributed by atoms with Crippen molar-refractivity contribution in [3.05, 3.63) is 58.9 Å². The topological polar surface area (TPSA) is 63.2 Å². The van der Waals surface area contributed by atoms with E-state index >= 15 is 0 Å². The number of nitrogens with one attached hydrogen (secondary N) is 1. The predicted molar refractivity (Wildman–Crippen MR) is 78.8 cm³/mol. The number of anilines is 1. The van der Waals surface area contributed by atoms with Crippen molar-refractivity contribution in [3.63, 3.8) is 0 Å². The third kappa shape index (κ3) is 3.93. The van der Waals surface area contributed by atoms with Crippen LogP contribution >= 0.6 is 22.3 Å². The largest absolute Gasteiger partial charge is 0.319 e. The van der Waals surface area contributed by atoms with Gasteiger partial charge in [-0.15, -0.1) is 0 Å². The molecule has 0 aliphatic rings. The molecule has 0 unspecified atom stereocenters. The Morgan fingerprint density at radius 1 is 1.14 bits per heavy atom. The van der Waals surface area contributed by atoms with Crippen LogP contribution in [0, 0.1) is 5.82 Å². The van der Waals surface area contributed by atoms with E-state index in [2.05, 4.69) is 5.32 Å². The zero-order valence-corrected chi connectivity index (χ0v) is 12.6. The third-order valence-corrected chi connectivity index (χ3v) is 4.14. The standard InChI is InChI=1S/C13H8Cl2FNO3S/c14-9-3-1-2-8(6-9)13(18)17-12-5-4-10(7-11(12)16)21(15,19)20/h1-7H,(H,17,18). The lowest BCUT2D eigenvalue weighted by Gasteiger charge is -2.07. The molecule has 0 atom stereocenters. The smallest absolute Gasteiger partial charge is 0.261 e. The van der Waals surface area contributed by atoms with E-state index in [9.17, 15) is 17.6 Å². The fraction of sp³-hybridized carbons (Fsp3) is 0. The monoisotopic (exact) mass is 347 g/mol. The summed E-state index contributed by atoms with van der Waals surface area (Å²) in [6, 6.07) is 9.06. The lowest BCUT2D eigenvalue weighted by Crippen LogP contribution is -2.13. The molecule has 1 N–H and O–H groups in total. The van der Waals surface area contributed by atoms with Crippen molar-refractivity contribution >= 4 is 42.9 Å². The van der Waals surface area contributed by atoms with Crippen molar-refractivity contribution in [2.75, 3.05) is 5.32 Å². The highest BCUT2D eigenvalue weighted by Gasteiger charge is 2.15. The zero-order valence-electron chi connectivity index (χ0n) is 10.3. The molecule has 21 heavy (non-hydrogen) atoms. The van der Waals surface area contributed by atoms with E-state index in [1.54, 1.807) is 12.1 Å². The Bertz CT molecular complexity index is 809. The van der Waals surface area contributed by atoms with Crippen molar-refractivity contribution in [1.29, 1.82) is 0 Å². The number of halogens is 3. The first kappa shape index (κ1) is 15.8. The first-order chi connectivity index (χ1) is 9.77. The maximum absolute atomic E-state index is 13.8. The average molecular weight is 348 g/mol. The molecule has 110 valence electrons. The molecule has 0 aromatic heterocycles. The van der Waals surface area contributed by atoms with Crippen LogP contribution in [0.25, 0.3) is 0 Å². The van der Waals surface area contributed by atoms with E-state index in [4.69, 9.17) is 22.3 Å². The van der Waals surface area contributed by atoms with Crippen LogP contribution in [0.1, 0.15) is 10.4 Å². The second-order valence-electron chi connectivity index (χ2n) is 4.04. The van der Waals surface area contributed by atoms with Crippen molar-refractivity contribution in [3.8, 4) is 0 Å². The van der Waals surface area contributed by atoms with Crippen LogP contribution in [0.3, 0.4) is 0 Å². The molecule has 0 bridgehead atoms. The van der Waals surface area contributed by atoms with Crippen molar-refractivity contribution in [1.82, 2.24) is 0 Å². The fourth-order valence-corrected chi connectivity index (χ4v) is 2.53. The van der Waals surface area contributed by atoms with Crippen LogP contribution in [0.4, 0.5) is 10.1 Å². The summed E-state index contributed by atoms with van der Waals surface area (Å²) >= 11 is 5.76. The molecule has 2 aromatic rings. The Balaban J connectivity index is 2.26. The Hall–Kier alpha value is -1.63. The van der Waals surface area contributed by atoms with Gasteiger partial charge in [-0.3, -0.25) is 4.79 Å². The van der Waals surface area contributed by atoms with E-state index in [0.29, 0.717) is 5.02 Å². The maximum atomic E-state index is 13.8. The molecule has 0 aliphatic heterocycles. The molecule has 4 nitrogen and oxygen atoms in total. The third-order valence-electron chi connectivity index (χ3n) is 2.56. The van der Waals surface area contributed by atoms with Crippen molar-refractivity contribution in [2.45, 2.75) is 4.90 Å². The Morgan fingerprint density at radius 2 is 1.86 bits per heavy atom. The number of benzene rings is 2. The number of carbonyl (C=O) groups is 1. The van der Waals surface area contributed by atoms with Crippen LogP contribution in [0.5, 0.6) is 0 Å². The predicted octanol–water partition coefficient (Wildman–Crippen LogP) is 3.66. The first-order valence-electron chi connectivity index (χ1n) is 5.58. The molecule has 0 saturated carbocycles. The van der Waals surface area contributed by atoms with Crippen LogP contribution < -0.4 is 5.32 Å². The van der Waals surface area contributed by atoms with Gasteiger partial charge in [0.1, 0.15) is 5.82 Å². The molecular weight excluding hydrogens is 340 g/mol. The maximum Gasteiger partial charge on any atom is 0.261 e.